The van der Waals surface area contributed by atoms with Crippen molar-refractivity contribution >= 4 is 11.6 Å². The Labute approximate surface area is 112 Å². The second-order valence-electron chi connectivity index (χ2n) is 5.45. The molecule has 2 fully saturated rings. The van der Waals surface area contributed by atoms with E-state index in [-0.39, 0.29) is 18.3 Å². The van der Waals surface area contributed by atoms with Crippen molar-refractivity contribution in [2.45, 2.75) is 31.6 Å². The van der Waals surface area contributed by atoms with E-state index in [9.17, 15) is 9.18 Å². The number of rotatable bonds is 4. The maximum atomic E-state index is 13.8. The van der Waals surface area contributed by atoms with Gasteiger partial charge in [-0.15, -0.1) is 0 Å². The Kier molecular flexibility index (Phi) is 3.40. The van der Waals surface area contributed by atoms with Crippen molar-refractivity contribution in [2.24, 2.45) is 0 Å². The molecule has 1 saturated carbocycles. The van der Waals surface area contributed by atoms with E-state index in [2.05, 4.69) is 5.32 Å². The minimum absolute atomic E-state index is 0.101. The van der Waals surface area contributed by atoms with Gasteiger partial charge >= 0.3 is 0 Å². The standard InChI is InChI=1S/C15H19FN2O/c16-14-9-12(5-6-13(14)11-3-4-11)17-10-15(19)18-7-1-2-8-18/h5-6,9,11,17H,1-4,7-8,10H2. The highest BCUT2D eigenvalue weighted by Crippen LogP contribution is 2.41. The number of anilines is 1. The van der Waals surface area contributed by atoms with Crippen LogP contribution in [-0.2, 0) is 4.79 Å². The van der Waals surface area contributed by atoms with Crippen molar-refractivity contribution in [1.82, 2.24) is 4.90 Å². The first-order chi connectivity index (χ1) is 9.24. The Morgan fingerprint density at radius 2 is 2.05 bits per heavy atom. The molecule has 0 unspecified atom stereocenters. The predicted molar refractivity (Wildman–Crippen MR) is 72.7 cm³/mol. The fraction of sp³-hybridized carbons (Fsp3) is 0.533. The summed E-state index contributed by atoms with van der Waals surface area (Å²) in [6, 6.07) is 5.22. The van der Waals surface area contributed by atoms with Gasteiger partial charge in [-0.05, 0) is 49.3 Å². The molecule has 1 heterocycles. The van der Waals surface area contributed by atoms with Crippen LogP contribution in [0, 0.1) is 5.82 Å². The van der Waals surface area contributed by atoms with E-state index < -0.39 is 0 Å². The molecule has 1 saturated heterocycles. The Morgan fingerprint density at radius 3 is 2.68 bits per heavy atom. The lowest BCUT2D eigenvalue weighted by Gasteiger charge is -2.16. The summed E-state index contributed by atoms with van der Waals surface area (Å²) in [5.41, 5.74) is 1.51. The van der Waals surface area contributed by atoms with Crippen LogP contribution in [0.25, 0.3) is 0 Å². The third-order valence-electron chi connectivity index (χ3n) is 3.92. The third-order valence-corrected chi connectivity index (χ3v) is 3.92. The van der Waals surface area contributed by atoms with Gasteiger partial charge in [0.2, 0.25) is 5.91 Å². The number of hydrogen-bond donors (Lipinski definition) is 1. The van der Waals surface area contributed by atoms with Crippen LogP contribution in [0.5, 0.6) is 0 Å². The lowest BCUT2D eigenvalue weighted by Crippen LogP contribution is -2.32. The monoisotopic (exact) mass is 262 g/mol. The summed E-state index contributed by atoms with van der Waals surface area (Å²) in [5.74, 6) is 0.366. The van der Waals surface area contributed by atoms with Gasteiger partial charge in [0, 0.05) is 18.8 Å². The first-order valence-electron chi connectivity index (χ1n) is 7.05. The van der Waals surface area contributed by atoms with Gasteiger partial charge in [0.05, 0.1) is 6.54 Å². The normalized spacial score (nSPS) is 18.7. The maximum absolute atomic E-state index is 13.8. The summed E-state index contributed by atoms with van der Waals surface area (Å²) in [4.78, 5) is 13.7. The molecule has 1 aliphatic heterocycles. The summed E-state index contributed by atoms with van der Waals surface area (Å²) >= 11 is 0. The second-order valence-corrected chi connectivity index (χ2v) is 5.45. The third kappa shape index (κ3) is 2.88. The zero-order valence-electron chi connectivity index (χ0n) is 11.0. The summed E-state index contributed by atoms with van der Waals surface area (Å²) in [6.45, 7) is 1.97. The van der Waals surface area contributed by atoms with E-state index in [1.54, 1.807) is 0 Å². The van der Waals surface area contributed by atoms with Gasteiger partial charge in [-0.25, -0.2) is 4.39 Å². The average molecular weight is 262 g/mol. The minimum atomic E-state index is -0.152. The van der Waals surface area contributed by atoms with Crippen LogP contribution in [0.3, 0.4) is 0 Å². The van der Waals surface area contributed by atoms with Gasteiger partial charge in [-0.3, -0.25) is 4.79 Å². The highest BCUT2D eigenvalue weighted by Gasteiger charge is 2.26. The molecule has 0 bridgehead atoms. The van der Waals surface area contributed by atoms with E-state index in [4.69, 9.17) is 0 Å². The number of amides is 1. The van der Waals surface area contributed by atoms with Gasteiger partial charge in [0.1, 0.15) is 5.82 Å². The van der Waals surface area contributed by atoms with Crippen LogP contribution in [0.4, 0.5) is 10.1 Å². The molecule has 0 aromatic heterocycles. The van der Waals surface area contributed by atoms with E-state index in [0.29, 0.717) is 11.6 Å². The molecule has 1 amide bonds. The molecular weight excluding hydrogens is 243 g/mol. The average Bonchev–Trinajstić information content (AvgIpc) is 3.09. The Hall–Kier alpha value is -1.58. The Morgan fingerprint density at radius 1 is 1.32 bits per heavy atom. The number of carbonyl (C=O) groups excluding carboxylic acids is 1. The molecule has 1 aliphatic carbocycles. The highest BCUT2D eigenvalue weighted by molar-refractivity contribution is 5.81. The summed E-state index contributed by atoms with van der Waals surface area (Å²) in [6.07, 6.45) is 4.38. The zero-order valence-corrected chi connectivity index (χ0v) is 11.0. The summed E-state index contributed by atoms with van der Waals surface area (Å²) in [5, 5.41) is 3.02. The van der Waals surface area contributed by atoms with E-state index in [1.165, 1.54) is 6.07 Å². The number of halogens is 1. The van der Waals surface area contributed by atoms with Crippen LogP contribution in [0.15, 0.2) is 18.2 Å². The van der Waals surface area contributed by atoms with Gasteiger partial charge in [0.15, 0.2) is 0 Å². The van der Waals surface area contributed by atoms with E-state index >= 15 is 0 Å². The predicted octanol–water partition coefficient (Wildman–Crippen LogP) is 2.74. The number of likely N-dealkylation sites (tertiary alicyclic amines) is 1. The van der Waals surface area contributed by atoms with Gasteiger partial charge in [-0.1, -0.05) is 6.07 Å². The fourth-order valence-corrected chi connectivity index (χ4v) is 2.62. The minimum Gasteiger partial charge on any atom is -0.376 e. The lowest BCUT2D eigenvalue weighted by atomic mass is 10.1. The first-order valence-corrected chi connectivity index (χ1v) is 7.05. The number of nitrogens with one attached hydrogen (secondary N) is 1. The van der Waals surface area contributed by atoms with Gasteiger partial charge < -0.3 is 10.2 Å². The molecule has 1 aromatic carbocycles. The van der Waals surface area contributed by atoms with Crippen molar-refractivity contribution in [3.05, 3.63) is 29.6 Å². The van der Waals surface area contributed by atoms with Crippen molar-refractivity contribution in [3.63, 3.8) is 0 Å². The molecule has 102 valence electrons. The van der Waals surface area contributed by atoms with Crippen molar-refractivity contribution in [1.29, 1.82) is 0 Å². The van der Waals surface area contributed by atoms with Crippen molar-refractivity contribution in [3.8, 4) is 0 Å². The molecule has 0 spiro atoms. The van der Waals surface area contributed by atoms with Crippen molar-refractivity contribution in [2.75, 3.05) is 25.0 Å². The Bertz CT molecular complexity index is 479. The van der Waals surface area contributed by atoms with Crippen molar-refractivity contribution < 1.29 is 9.18 Å². The molecule has 0 radical (unpaired) electrons. The molecule has 1 N–H and O–H groups in total. The van der Waals surface area contributed by atoms with E-state index in [1.807, 2.05) is 17.0 Å². The molecule has 2 aliphatic rings. The van der Waals surface area contributed by atoms with Crippen LogP contribution in [0.2, 0.25) is 0 Å². The topological polar surface area (TPSA) is 32.3 Å². The van der Waals surface area contributed by atoms with E-state index in [0.717, 1.165) is 44.3 Å². The smallest absolute Gasteiger partial charge is 0.241 e. The molecule has 0 atom stereocenters. The van der Waals surface area contributed by atoms with Crippen LogP contribution >= 0.6 is 0 Å². The summed E-state index contributed by atoms with van der Waals surface area (Å²) in [7, 11) is 0. The molecule has 19 heavy (non-hydrogen) atoms. The molecule has 3 nitrogen and oxygen atoms in total. The molecule has 4 heteroatoms. The van der Waals surface area contributed by atoms with Gasteiger partial charge in [-0.2, -0.15) is 0 Å². The zero-order chi connectivity index (χ0) is 13.2. The number of carbonyl (C=O) groups is 1. The fourth-order valence-electron chi connectivity index (χ4n) is 2.62. The number of hydrogen-bond acceptors (Lipinski definition) is 2. The highest BCUT2D eigenvalue weighted by atomic mass is 19.1. The Balaban J connectivity index is 1.57. The SMILES string of the molecule is O=C(CNc1ccc(C2CC2)c(F)c1)N1CCCC1. The largest absolute Gasteiger partial charge is 0.376 e. The van der Waals surface area contributed by atoms with Gasteiger partial charge in [0.25, 0.3) is 0 Å². The number of benzene rings is 1. The van der Waals surface area contributed by atoms with Crippen LogP contribution in [0.1, 0.15) is 37.2 Å². The first kappa shape index (κ1) is 12.5. The number of nitrogens with zero attached hydrogens (tertiary/aromatic N) is 1. The summed E-state index contributed by atoms with van der Waals surface area (Å²) < 4.78 is 13.8. The quantitative estimate of drug-likeness (QED) is 0.905. The van der Waals surface area contributed by atoms with Crippen LogP contribution in [-0.4, -0.2) is 30.4 Å². The molecular formula is C15H19FN2O. The van der Waals surface area contributed by atoms with Crippen LogP contribution < -0.4 is 5.32 Å². The molecule has 3 rings (SSSR count). The lowest BCUT2D eigenvalue weighted by molar-refractivity contribution is -0.128. The maximum Gasteiger partial charge on any atom is 0.241 e. The second kappa shape index (κ2) is 5.19. The molecule has 1 aromatic rings.